The molecule has 6 nitrogen and oxygen atoms in total. The predicted molar refractivity (Wildman–Crippen MR) is 97.7 cm³/mol. The number of aliphatic hydroxyl groups is 1. The van der Waals surface area contributed by atoms with Gasteiger partial charge in [0, 0.05) is 5.56 Å². The summed E-state index contributed by atoms with van der Waals surface area (Å²) < 4.78 is 5.77. The highest BCUT2D eigenvalue weighted by Crippen LogP contribution is 2.29. The fourth-order valence-corrected chi connectivity index (χ4v) is 2.88. The number of imide groups is 1. The van der Waals surface area contributed by atoms with Gasteiger partial charge in [0.1, 0.15) is 24.0 Å². The average molecular weight is 354 g/mol. The van der Waals surface area contributed by atoms with Crippen molar-refractivity contribution in [3.05, 3.63) is 54.6 Å². The highest BCUT2D eigenvalue weighted by Gasteiger charge is 2.44. The topological polar surface area (TPSA) is 78.9 Å². The van der Waals surface area contributed by atoms with Gasteiger partial charge in [0.2, 0.25) is 0 Å². The lowest BCUT2D eigenvalue weighted by Gasteiger charge is -2.20. The molecule has 1 aliphatic heterocycles. The van der Waals surface area contributed by atoms with Crippen molar-refractivity contribution in [2.45, 2.75) is 25.5 Å². The summed E-state index contributed by atoms with van der Waals surface area (Å²) in [4.78, 5) is 25.1. The maximum Gasteiger partial charge on any atom is 0.325 e. The Balaban J connectivity index is 1.65. The molecule has 0 radical (unpaired) electrons. The van der Waals surface area contributed by atoms with Crippen LogP contribution in [0, 0.1) is 0 Å². The zero-order chi connectivity index (χ0) is 18.7. The molecule has 1 aliphatic rings. The highest BCUT2D eigenvalue weighted by molar-refractivity contribution is 6.06. The molecule has 0 saturated carbocycles. The van der Waals surface area contributed by atoms with Crippen LogP contribution >= 0.6 is 0 Å². The van der Waals surface area contributed by atoms with E-state index in [0.29, 0.717) is 5.75 Å². The number of ether oxygens (including phenoxy) is 1. The summed E-state index contributed by atoms with van der Waals surface area (Å²) >= 11 is 0. The van der Waals surface area contributed by atoms with Crippen LogP contribution in [0.4, 0.5) is 4.79 Å². The summed E-state index contributed by atoms with van der Waals surface area (Å²) in [6.45, 7) is 3.13. The quantitative estimate of drug-likeness (QED) is 0.781. The lowest BCUT2D eigenvalue weighted by Crippen LogP contribution is -2.42. The van der Waals surface area contributed by atoms with Gasteiger partial charge >= 0.3 is 6.03 Å². The van der Waals surface area contributed by atoms with Crippen LogP contribution in [0.1, 0.15) is 13.8 Å². The largest absolute Gasteiger partial charge is 0.490 e. The van der Waals surface area contributed by atoms with Gasteiger partial charge in [-0.1, -0.05) is 48.5 Å². The van der Waals surface area contributed by atoms with Gasteiger partial charge in [0.25, 0.3) is 5.91 Å². The van der Waals surface area contributed by atoms with Gasteiger partial charge < -0.3 is 15.2 Å². The molecule has 0 spiro atoms. The summed E-state index contributed by atoms with van der Waals surface area (Å²) in [6.07, 6.45) is -0.984. The number of nitrogens with zero attached hydrogens (tertiary/aromatic N) is 1. The van der Waals surface area contributed by atoms with Gasteiger partial charge in [-0.3, -0.25) is 9.69 Å². The van der Waals surface area contributed by atoms with Crippen LogP contribution in [0.15, 0.2) is 54.6 Å². The van der Waals surface area contributed by atoms with Crippen molar-refractivity contribution in [1.29, 1.82) is 0 Å². The van der Waals surface area contributed by atoms with Crippen LogP contribution in [-0.2, 0) is 4.79 Å². The lowest BCUT2D eigenvalue weighted by molar-refractivity contribution is -0.131. The van der Waals surface area contributed by atoms with E-state index in [1.54, 1.807) is 13.8 Å². The Morgan fingerprint density at radius 3 is 2.38 bits per heavy atom. The molecule has 26 heavy (non-hydrogen) atoms. The standard InChI is InChI=1S/C20H22N2O4/c1-20(2)18(24)22(19(25)21-20)12-15(23)13-26-17-11-7-6-10-16(17)14-8-4-3-5-9-14/h3-11,15,23H,12-13H2,1-2H3,(H,21,25)/t15-/m1/s1. The van der Waals surface area contributed by atoms with E-state index in [1.165, 1.54) is 0 Å². The first-order chi connectivity index (χ1) is 12.4. The zero-order valence-corrected chi connectivity index (χ0v) is 14.8. The molecule has 6 heteroatoms. The lowest BCUT2D eigenvalue weighted by atomic mass is 10.1. The van der Waals surface area contributed by atoms with Crippen molar-refractivity contribution < 1.29 is 19.4 Å². The van der Waals surface area contributed by atoms with Crippen LogP contribution < -0.4 is 10.1 Å². The molecule has 3 rings (SSSR count). The van der Waals surface area contributed by atoms with Crippen molar-refractivity contribution >= 4 is 11.9 Å². The fourth-order valence-electron chi connectivity index (χ4n) is 2.88. The second-order valence-corrected chi connectivity index (χ2v) is 6.80. The molecule has 1 heterocycles. The minimum absolute atomic E-state index is 0.0265. The molecule has 1 fully saturated rings. The Kier molecular flexibility index (Phi) is 4.95. The molecule has 2 aromatic carbocycles. The molecule has 136 valence electrons. The van der Waals surface area contributed by atoms with Gasteiger partial charge in [0.15, 0.2) is 0 Å². The van der Waals surface area contributed by atoms with E-state index in [0.717, 1.165) is 16.0 Å². The Morgan fingerprint density at radius 2 is 1.73 bits per heavy atom. The number of carbonyl (C=O) groups excluding carboxylic acids is 2. The smallest absolute Gasteiger partial charge is 0.325 e. The third kappa shape index (κ3) is 3.70. The minimum atomic E-state index is -0.984. The maximum absolute atomic E-state index is 12.2. The molecular formula is C20H22N2O4. The summed E-state index contributed by atoms with van der Waals surface area (Å²) in [5.74, 6) is 0.279. The number of aliphatic hydroxyl groups excluding tert-OH is 1. The number of benzene rings is 2. The second-order valence-electron chi connectivity index (χ2n) is 6.80. The molecule has 0 bridgehead atoms. The van der Waals surface area contributed by atoms with Gasteiger partial charge in [-0.15, -0.1) is 0 Å². The Bertz CT molecular complexity index is 804. The van der Waals surface area contributed by atoms with Crippen molar-refractivity contribution in [2.75, 3.05) is 13.2 Å². The molecule has 1 atom stereocenters. The summed E-state index contributed by atoms with van der Waals surface area (Å²) in [5.41, 5.74) is 0.974. The van der Waals surface area contributed by atoms with Crippen LogP contribution in [0.5, 0.6) is 5.75 Å². The number of urea groups is 1. The molecule has 0 aromatic heterocycles. The number of rotatable bonds is 6. The van der Waals surface area contributed by atoms with E-state index in [2.05, 4.69) is 5.32 Å². The molecule has 0 aliphatic carbocycles. The number of para-hydroxylation sites is 1. The Hall–Kier alpha value is -2.86. The van der Waals surface area contributed by atoms with Crippen LogP contribution in [-0.4, -0.2) is 46.7 Å². The average Bonchev–Trinajstić information content (AvgIpc) is 2.82. The van der Waals surface area contributed by atoms with Gasteiger partial charge in [-0.2, -0.15) is 0 Å². The van der Waals surface area contributed by atoms with Crippen LogP contribution in [0.25, 0.3) is 11.1 Å². The van der Waals surface area contributed by atoms with E-state index in [-0.39, 0.29) is 19.1 Å². The van der Waals surface area contributed by atoms with E-state index in [4.69, 9.17) is 4.74 Å². The van der Waals surface area contributed by atoms with Crippen molar-refractivity contribution in [1.82, 2.24) is 10.2 Å². The van der Waals surface area contributed by atoms with Crippen LogP contribution in [0.3, 0.4) is 0 Å². The zero-order valence-electron chi connectivity index (χ0n) is 14.8. The first-order valence-corrected chi connectivity index (χ1v) is 8.48. The monoisotopic (exact) mass is 354 g/mol. The number of β-amino-alcohol motifs (C(OH)–C–C–N with tert-alkyl or cyclic N) is 1. The number of carbonyl (C=O) groups is 2. The number of nitrogens with one attached hydrogen (secondary N) is 1. The molecule has 2 aromatic rings. The van der Waals surface area contributed by atoms with Crippen molar-refractivity contribution in [2.24, 2.45) is 0 Å². The third-order valence-corrected chi connectivity index (χ3v) is 4.24. The van der Waals surface area contributed by atoms with Crippen LogP contribution in [0.2, 0.25) is 0 Å². The van der Waals surface area contributed by atoms with Gasteiger partial charge in [-0.25, -0.2) is 4.79 Å². The normalized spacial score (nSPS) is 17.1. The van der Waals surface area contributed by atoms with Gasteiger partial charge in [-0.05, 0) is 25.5 Å². The van der Waals surface area contributed by atoms with E-state index >= 15 is 0 Å². The Morgan fingerprint density at radius 1 is 1.08 bits per heavy atom. The third-order valence-electron chi connectivity index (χ3n) is 4.24. The van der Waals surface area contributed by atoms with Crippen molar-refractivity contribution in [3.8, 4) is 16.9 Å². The summed E-state index contributed by atoms with van der Waals surface area (Å²) in [5, 5.41) is 12.8. The number of hydrogen-bond donors (Lipinski definition) is 2. The predicted octanol–water partition coefficient (Wildman–Crippen LogP) is 2.42. The molecule has 1 saturated heterocycles. The molecule has 2 N–H and O–H groups in total. The number of amides is 3. The summed E-state index contributed by atoms with van der Waals surface area (Å²) in [7, 11) is 0. The SMILES string of the molecule is CC1(C)NC(=O)N(C[C@@H](O)COc2ccccc2-c2ccccc2)C1=O. The molecule has 3 amide bonds. The maximum atomic E-state index is 12.2. The first-order valence-electron chi connectivity index (χ1n) is 8.48. The Labute approximate surface area is 152 Å². The minimum Gasteiger partial charge on any atom is -0.490 e. The van der Waals surface area contributed by atoms with E-state index in [9.17, 15) is 14.7 Å². The van der Waals surface area contributed by atoms with E-state index in [1.807, 2.05) is 54.6 Å². The first kappa shape index (κ1) is 17.9. The van der Waals surface area contributed by atoms with Crippen molar-refractivity contribution in [3.63, 3.8) is 0 Å². The second kappa shape index (κ2) is 7.17. The summed E-state index contributed by atoms with van der Waals surface area (Å²) in [6, 6.07) is 16.8. The fraction of sp³-hybridized carbons (Fsp3) is 0.300. The number of hydrogen-bond acceptors (Lipinski definition) is 4. The molecule has 0 unspecified atom stereocenters. The molecular weight excluding hydrogens is 332 g/mol. The van der Waals surface area contributed by atoms with E-state index < -0.39 is 17.7 Å². The van der Waals surface area contributed by atoms with Gasteiger partial charge in [0.05, 0.1) is 6.54 Å². The highest BCUT2D eigenvalue weighted by atomic mass is 16.5.